The van der Waals surface area contributed by atoms with Gasteiger partial charge in [-0.1, -0.05) is 42.1 Å². The van der Waals surface area contributed by atoms with Crippen molar-refractivity contribution < 1.29 is 4.79 Å². The Morgan fingerprint density at radius 2 is 2.04 bits per heavy atom. The molecule has 3 heterocycles. The lowest BCUT2D eigenvalue weighted by Gasteiger charge is -2.11. The van der Waals surface area contributed by atoms with E-state index in [1.54, 1.807) is 34.6 Å². The van der Waals surface area contributed by atoms with Gasteiger partial charge >= 0.3 is 0 Å². The predicted molar refractivity (Wildman–Crippen MR) is 115 cm³/mol. The highest BCUT2D eigenvalue weighted by atomic mass is 32.2. The van der Waals surface area contributed by atoms with Crippen LogP contribution in [0.3, 0.4) is 0 Å². The second-order valence-corrected chi connectivity index (χ2v) is 8.46. The molecular formula is C20H19N5OS2. The maximum atomic E-state index is 12.4. The summed E-state index contributed by atoms with van der Waals surface area (Å²) in [6, 6.07) is 14.3. The average molecular weight is 410 g/mol. The van der Waals surface area contributed by atoms with Crippen LogP contribution in [0.2, 0.25) is 0 Å². The van der Waals surface area contributed by atoms with Crippen molar-refractivity contribution >= 4 is 45.0 Å². The van der Waals surface area contributed by atoms with Gasteiger partial charge in [0.2, 0.25) is 5.91 Å². The van der Waals surface area contributed by atoms with Crippen molar-refractivity contribution in [2.75, 3.05) is 11.1 Å². The molecule has 1 aromatic carbocycles. The number of thioether (sulfide) groups is 1. The van der Waals surface area contributed by atoms with Crippen molar-refractivity contribution in [2.45, 2.75) is 24.9 Å². The van der Waals surface area contributed by atoms with E-state index in [4.69, 9.17) is 0 Å². The van der Waals surface area contributed by atoms with Crippen molar-refractivity contribution in [2.24, 2.45) is 0 Å². The van der Waals surface area contributed by atoms with Crippen molar-refractivity contribution in [3.05, 3.63) is 55.0 Å². The molecule has 0 atom stereocenters. The van der Waals surface area contributed by atoms with Crippen LogP contribution in [0.4, 0.5) is 5.82 Å². The number of nitrogens with one attached hydrogen (secondary N) is 1. The number of fused-ring (bicyclic) bond motifs is 1. The molecule has 142 valence electrons. The lowest BCUT2D eigenvalue weighted by atomic mass is 10.2. The number of carbonyl (C=O) groups excluding carboxylic acids is 1. The van der Waals surface area contributed by atoms with Crippen LogP contribution >= 0.6 is 23.1 Å². The Morgan fingerprint density at radius 1 is 1.21 bits per heavy atom. The maximum absolute atomic E-state index is 12.4. The predicted octanol–water partition coefficient (Wildman–Crippen LogP) is 4.87. The van der Waals surface area contributed by atoms with Gasteiger partial charge in [-0.3, -0.25) is 4.79 Å². The second-order valence-electron chi connectivity index (χ2n) is 6.47. The van der Waals surface area contributed by atoms with Crippen molar-refractivity contribution in [3.8, 4) is 10.4 Å². The van der Waals surface area contributed by atoms with Crippen LogP contribution in [-0.4, -0.2) is 31.4 Å². The molecule has 4 aromatic rings. The molecule has 0 aliphatic heterocycles. The molecule has 28 heavy (non-hydrogen) atoms. The van der Waals surface area contributed by atoms with Crippen LogP contribution in [-0.2, 0) is 4.79 Å². The lowest BCUT2D eigenvalue weighted by molar-refractivity contribution is -0.113. The van der Waals surface area contributed by atoms with E-state index in [1.165, 1.54) is 11.8 Å². The van der Waals surface area contributed by atoms with Crippen molar-refractivity contribution in [1.29, 1.82) is 0 Å². The Labute approximate surface area is 171 Å². The number of benzene rings is 1. The first-order chi connectivity index (χ1) is 13.6. The van der Waals surface area contributed by atoms with Gasteiger partial charge < -0.3 is 5.32 Å². The summed E-state index contributed by atoms with van der Waals surface area (Å²) in [5.74, 6) is 0.888. The molecule has 8 heteroatoms. The summed E-state index contributed by atoms with van der Waals surface area (Å²) < 4.78 is 1.79. The Morgan fingerprint density at radius 3 is 2.82 bits per heavy atom. The standard InChI is InChI=1S/C20H19N5OS2/c1-13(2)25-17(8-9-23-25)24-18(26)11-27-19-15-10-16(14-6-4-3-5-7-14)28-20(15)22-12-21-19/h3-10,12-13H,11H2,1-2H3,(H,24,26). The Balaban J connectivity index is 1.49. The molecule has 0 saturated carbocycles. The normalized spacial score (nSPS) is 11.2. The van der Waals surface area contributed by atoms with E-state index >= 15 is 0 Å². The molecule has 4 rings (SSSR count). The van der Waals surface area contributed by atoms with E-state index in [0.717, 1.165) is 25.7 Å². The van der Waals surface area contributed by atoms with Crippen LogP contribution in [0, 0.1) is 0 Å². The fourth-order valence-electron chi connectivity index (χ4n) is 2.83. The zero-order valence-electron chi connectivity index (χ0n) is 15.5. The van der Waals surface area contributed by atoms with Crippen LogP contribution in [0.25, 0.3) is 20.7 Å². The summed E-state index contributed by atoms with van der Waals surface area (Å²) in [5.41, 5.74) is 1.15. The molecule has 1 amide bonds. The highest BCUT2D eigenvalue weighted by Gasteiger charge is 2.14. The molecule has 0 radical (unpaired) electrons. The fraction of sp³-hybridized carbons (Fsp3) is 0.200. The Kier molecular flexibility index (Phi) is 5.40. The first-order valence-corrected chi connectivity index (χ1v) is 10.7. The molecule has 0 bridgehead atoms. The first-order valence-electron chi connectivity index (χ1n) is 8.88. The zero-order valence-corrected chi connectivity index (χ0v) is 17.1. The largest absolute Gasteiger partial charge is 0.310 e. The van der Waals surface area contributed by atoms with E-state index in [1.807, 2.05) is 32.0 Å². The number of rotatable bonds is 6. The number of carbonyl (C=O) groups is 1. The second kappa shape index (κ2) is 8.12. The number of thiophene rings is 1. The number of aromatic nitrogens is 4. The third-order valence-electron chi connectivity index (χ3n) is 4.12. The topological polar surface area (TPSA) is 72.7 Å². The minimum atomic E-state index is -0.0855. The molecule has 0 spiro atoms. The Hall–Kier alpha value is -2.71. The van der Waals surface area contributed by atoms with Crippen molar-refractivity contribution in [3.63, 3.8) is 0 Å². The van der Waals surface area contributed by atoms with Gasteiger partial charge in [0.15, 0.2) is 0 Å². The molecule has 0 fully saturated rings. The highest BCUT2D eigenvalue weighted by molar-refractivity contribution is 8.00. The summed E-state index contributed by atoms with van der Waals surface area (Å²) in [6.45, 7) is 4.05. The molecular weight excluding hydrogens is 390 g/mol. The Bertz CT molecular complexity index is 1100. The lowest BCUT2D eigenvalue weighted by Crippen LogP contribution is -2.18. The molecule has 0 aliphatic carbocycles. The summed E-state index contributed by atoms with van der Waals surface area (Å²) in [4.78, 5) is 23.3. The monoisotopic (exact) mass is 409 g/mol. The molecule has 3 aromatic heterocycles. The van der Waals surface area contributed by atoms with Crippen LogP contribution < -0.4 is 5.32 Å². The van der Waals surface area contributed by atoms with Crippen LogP contribution in [0.15, 0.2) is 60.0 Å². The number of hydrogen-bond donors (Lipinski definition) is 1. The number of anilines is 1. The fourth-order valence-corrected chi connectivity index (χ4v) is 4.67. The molecule has 1 N–H and O–H groups in total. The average Bonchev–Trinajstić information content (AvgIpc) is 3.34. The minimum Gasteiger partial charge on any atom is -0.310 e. The summed E-state index contributed by atoms with van der Waals surface area (Å²) in [7, 11) is 0. The van der Waals surface area contributed by atoms with Crippen LogP contribution in [0.1, 0.15) is 19.9 Å². The quantitative estimate of drug-likeness (QED) is 0.363. The zero-order chi connectivity index (χ0) is 19.5. The van der Waals surface area contributed by atoms with Gasteiger partial charge in [-0.15, -0.1) is 11.3 Å². The number of hydrogen-bond acceptors (Lipinski definition) is 6. The maximum Gasteiger partial charge on any atom is 0.235 e. The minimum absolute atomic E-state index is 0.0855. The summed E-state index contributed by atoms with van der Waals surface area (Å²) in [6.07, 6.45) is 3.24. The molecule has 0 saturated heterocycles. The van der Waals surface area contributed by atoms with Crippen molar-refractivity contribution in [1.82, 2.24) is 19.7 Å². The summed E-state index contributed by atoms with van der Waals surface area (Å²) >= 11 is 3.05. The third-order valence-corrected chi connectivity index (χ3v) is 6.22. The highest BCUT2D eigenvalue weighted by Crippen LogP contribution is 2.36. The van der Waals surface area contributed by atoms with E-state index < -0.39 is 0 Å². The molecule has 0 aliphatic rings. The van der Waals surface area contributed by atoms with Gasteiger partial charge in [-0.2, -0.15) is 5.10 Å². The molecule has 0 unspecified atom stereocenters. The summed E-state index contributed by atoms with van der Waals surface area (Å²) in [5, 5.41) is 8.96. The molecule has 6 nitrogen and oxygen atoms in total. The van der Waals surface area contributed by atoms with Gasteiger partial charge in [-0.05, 0) is 25.5 Å². The van der Waals surface area contributed by atoms with Gasteiger partial charge in [0.25, 0.3) is 0 Å². The van der Waals surface area contributed by atoms with Crippen LogP contribution in [0.5, 0.6) is 0 Å². The van der Waals surface area contributed by atoms with E-state index in [9.17, 15) is 4.79 Å². The SMILES string of the molecule is CC(C)n1nccc1NC(=O)CSc1ncnc2sc(-c3ccccc3)cc12. The van der Waals surface area contributed by atoms with Gasteiger partial charge in [0.1, 0.15) is 22.0 Å². The number of nitrogens with zero attached hydrogens (tertiary/aromatic N) is 4. The first kappa shape index (κ1) is 18.6. The van der Waals surface area contributed by atoms with E-state index in [2.05, 4.69) is 38.6 Å². The van der Waals surface area contributed by atoms with Gasteiger partial charge in [-0.25, -0.2) is 14.6 Å². The number of amides is 1. The van der Waals surface area contributed by atoms with Gasteiger partial charge in [0, 0.05) is 22.4 Å². The van der Waals surface area contributed by atoms with E-state index in [0.29, 0.717) is 5.82 Å². The van der Waals surface area contributed by atoms with E-state index in [-0.39, 0.29) is 17.7 Å². The smallest absolute Gasteiger partial charge is 0.235 e. The van der Waals surface area contributed by atoms with Gasteiger partial charge in [0.05, 0.1) is 11.9 Å². The third kappa shape index (κ3) is 3.93.